The summed E-state index contributed by atoms with van der Waals surface area (Å²) >= 11 is 0. The van der Waals surface area contributed by atoms with E-state index in [0.29, 0.717) is 19.3 Å². The molecule has 5 nitrogen and oxygen atoms in total. The number of nitrogens with zero attached hydrogens (tertiary/aromatic N) is 2. The molecule has 1 aliphatic carbocycles. The maximum absolute atomic E-state index is 12.2. The molecule has 1 saturated carbocycles. The summed E-state index contributed by atoms with van der Waals surface area (Å²) in [6.07, 6.45) is 2.60. The largest absolute Gasteiger partial charge is 0.340 e. The van der Waals surface area contributed by atoms with Gasteiger partial charge in [0.25, 0.3) is 0 Å². The van der Waals surface area contributed by atoms with E-state index in [1.807, 2.05) is 0 Å². The predicted octanol–water partition coefficient (Wildman–Crippen LogP) is 0.326. The van der Waals surface area contributed by atoms with Crippen LogP contribution in [0.3, 0.4) is 0 Å². The molecular formula is C11H16N2O3S. The summed E-state index contributed by atoms with van der Waals surface area (Å²) in [7, 11) is -1.38. The van der Waals surface area contributed by atoms with E-state index in [4.69, 9.17) is 5.26 Å². The van der Waals surface area contributed by atoms with Crippen LogP contribution in [0.2, 0.25) is 0 Å². The molecule has 1 amide bonds. The van der Waals surface area contributed by atoms with Crippen molar-refractivity contribution in [3.05, 3.63) is 0 Å². The van der Waals surface area contributed by atoms with Crippen LogP contribution in [-0.2, 0) is 14.6 Å². The topological polar surface area (TPSA) is 78.2 Å². The SMILES string of the molecule is CN(C(=O)C1(C#N)CCC1)C1CCS(=O)(=O)C1. The first-order valence-electron chi connectivity index (χ1n) is 5.79. The summed E-state index contributed by atoms with van der Waals surface area (Å²) in [5.41, 5.74) is -0.874. The van der Waals surface area contributed by atoms with E-state index in [0.717, 1.165) is 6.42 Å². The quantitative estimate of drug-likeness (QED) is 0.713. The Morgan fingerprint density at radius 1 is 1.47 bits per heavy atom. The minimum atomic E-state index is -2.99. The van der Waals surface area contributed by atoms with Crippen LogP contribution in [-0.4, -0.2) is 43.8 Å². The summed E-state index contributed by atoms with van der Waals surface area (Å²) < 4.78 is 22.7. The van der Waals surface area contributed by atoms with Crippen molar-refractivity contribution in [3.63, 3.8) is 0 Å². The van der Waals surface area contributed by atoms with Crippen LogP contribution >= 0.6 is 0 Å². The third kappa shape index (κ3) is 2.04. The van der Waals surface area contributed by atoms with Gasteiger partial charge in [0.1, 0.15) is 5.41 Å². The summed E-state index contributed by atoms with van der Waals surface area (Å²) in [6.45, 7) is 0. The van der Waals surface area contributed by atoms with Crippen molar-refractivity contribution in [2.24, 2.45) is 5.41 Å². The zero-order valence-corrected chi connectivity index (χ0v) is 10.7. The van der Waals surface area contributed by atoms with Crippen molar-refractivity contribution in [2.45, 2.75) is 31.7 Å². The summed E-state index contributed by atoms with van der Waals surface area (Å²) in [6, 6.07) is 1.85. The van der Waals surface area contributed by atoms with Gasteiger partial charge in [-0.3, -0.25) is 4.79 Å². The Kier molecular flexibility index (Phi) is 2.90. The number of amides is 1. The van der Waals surface area contributed by atoms with Crippen LogP contribution < -0.4 is 0 Å². The number of hydrogen-bond acceptors (Lipinski definition) is 4. The van der Waals surface area contributed by atoms with E-state index < -0.39 is 15.3 Å². The summed E-state index contributed by atoms with van der Waals surface area (Å²) in [5, 5.41) is 9.09. The zero-order chi connectivity index (χ0) is 12.7. The molecule has 0 aromatic rings. The number of rotatable bonds is 2. The minimum Gasteiger partial charge on any atom is -0.340 e. The van der Waals surface area contributed by atoms with Crippen LogP contribution in [0.5, 0.6) is 0 Å². The lowest BCUT2D eigenvalue weighted by atomic mass is 9.69. The Labute approximate surface area is 101 Å². The fraction of sp³-hybridized carbons (Fsp3) is 0.818. The van der Waals surface area contributed by atoms with Gasteiger partial charge in [-0.05, 0) is 25.7 Å². The molecule has 0 aromatic heterocycles. The lowest BCUT2D eigenvalue weighted by Gasteiger charge is -2.38. The van der Waals surface area contributed by atoms with E-state index in [1.54, 1.807) is 7.05 Å². The maximum atomic E-state index is 12.2. The highest BCUT2D eigenvalue weighted by molar-refractivity contribution is 7.91. The molecule has 94 valence electrons. The number of nitriles is 1. The zero-order valence-electron chi connectivity index (χ0n) is 9.85. The Hall–Kier alpha value is -1.09. The number of sulfone groups is 1. The standard InChI is InChI=1S/C11H16N2O3S/c1-13(9-3-6-17(15,16)7-9)10(14)11(8-12)4-2-5-11/h9H,2-7H2,1H3. The fourth-order valence-electron chi connectivity index (χ4n) is 2.49. The molecule has 17 heavy (non-hydrogen) atoms. The molecule has 0 radical (unpaired) electrons. The molecule has 0 spiro atoms. The fourth-order valence-corrected chi connectivity index (χ4v) is 4.26. The van der Waals surface area contributed by atoms with Crippen molar-refractivity contribution in [2.75, 3.05) is 18.6 Å². The lowest BCUT2D eigenvalue weighted by molar-refractivity contribution is -0.143. The predicted molar refractivity (Wildman–Crippen MR) is 61.7 cm³/mol. The number of carbonyl (C=O) groups is 1. The third-order valence-corrected chi connectivity index (χ3v) is 5.66. The maximum Gasteiger partial charge on any atom is 0.243 e. The van der Waals surface area contributed by atoms with Gasteiger partial charge in [-0.25, -0.2) is 8.42 Å². The summed E-state index contributed by atoms with van der Waals surface area (Å²) in [4.78, 5) is 13.7. The second-order valence-electron chi connectivity index (χ2n) is 5.02. The first-order valence-corrected chi connectivity index (χ1v) is 7.61. The van der Waals surface area contributed by atoms with Crippen LogP contribution in [0, 0.1) is 16.7 Å². The summed E-state index contributed by atoms with van der Waals surface area (Å²) in [5.74, 6) is -0.0145. The molecule has 1 heterocycles. The molecule has 0 N–H and O–H groups in total. The molecular weight excluding hydrogens is 240 g/mol. The van der Waals surface area contributed by atoms with Crippen LogP contribution in [0.15, 0.2) is 0 Å². The second-order valence-corrected chi connectivity index (χ2v) is 7.25. The van der Waals surface area contributed by atoms with Gasteiger partial charge in [0.05, 0.1) is 17.6 Å². The van der Waals surface area contributed by atoms with Crippen molar-refractivity contribution < 1.29 is 13.2 Å². The first-order chi connectivity index (χ1) is 7.90. The monoisotopic (exact) mass is 256 g/mol. The molecule has 1 saturated heterocycles. The average molecular weight is 256 g/mol. The molecule has 0 bridgehead atoms. The molecule has 1 aliphatic heterocycles. The lowest BCUT2D eigenvalue weighted by Crippen LogP contribution is -2.49. The van der Waals surface area contributed by atoms with Gasteiger partial charge in [0.15, 0.2) is 9.84 Å². The van der Waals surface area contributed by atoms with E-state index >= 15 is 0 Å². The Balaban J connectivity index is 2.09. The van der Waals surface area contributed by atoms with Crippen LogP contribution in [0.4, 0.5) is 0 Å². The molecule has 1 atom stereocenters. The van der Waals surface area contributed by atoms with Gasteiger partial charge in [-0.15, -0.1) is 0 Å². The van der Waals surface area contributed by atoms with Gasteiger partial charge in [0.2, 0.25) is 5.91 Å². The average Bonchev–Trinajstić information content (AvgIpc) is 2.57. The number of hydrogen-bond donors (Lipinski definition) is 0. The highest BCUT2D eigenvalue weighted by Crippen LogP contribution is 2.42. The Morgan fingerprint density at radius 2 is 2.12 bits per heavy atom. The van der Waals surface area contributed by atoms with Gasteiger partial charge in [-0.1, -0.05) is 0 Å². The van der Waals surface area contributed by atoms with Crippen molar-refractivity contribution in [3.8, 4) is 6.07 Å². The van der Waals surface area contributed by atoms with E-state index in [2.05, 4.69) is 6.07 Å². The molecule has 2 rings (SSSR count). The van der Waals surface area contributed by atoms with Crippen LogP contribution in [0.25, 0.3) is 0 Å². The number of carbonyl (C=O) groups excluding carboxylic acids is 1. The van der Waals surface area contributed by atoms with Gasteiger partial charge in [0, 0.05) is 13.1 Å². The molecule has 6 heteroatoms. The highest BCUT2D eigenvalue weighted by Gasteiger charge is 2.48. The molecule has 0 aromatic carbocycles. The van der Waals surface area contributed by atoms with Crippen molar-refractivity contribution in [1.82, 2.24) is 4.90 Å². The van der Waals surface area contributed by atoms with E-state index in [-0.39, 0.29) is 23.5 Å². The molecule has 2 aliphatic rings. The smallest absolute Gasteiger partial charge is 0.243 e. The van der Waals surface area contributed by atoms with E-state index in [9.17, 15) is 13.2 Å². The highest BCUT2D eigenvalue weighted by atomic mass is 32.2. The first kappa shape index (κ1) is 12.4. The second kappa shape index (κ2) is 3.98. The molecule has 2 fully saturated rings. The third-order valence-electron chi connectivity index (χ3n) is 3.91. The van der Waals surface area contributed by atoms with Gasteiger partial charge < -0.3 is 4.90 Å². The van der Waals surface area contributed by atoms with Gasteiger partial charge >= 0.3 is 0 Å². The normalized spacial score (nSPS) is 29.1. The van der Waals surface area contributed by atoms with Crippen molar-refractivity contribution in [1.29, 1.82) is 5.26 Å². The minimum absolute atomic E-state index is 0.0384. The van der Waals surface area contributed by atoms with E-state index in [1.165, 1.54) is 4.90 Å². The van der Waals surface area contributed by atoms with Gasteiger partial charge in [-0.2, -0.15) is 5.26 Å². The Morgan fingerprint density at radius 3 is 2.47 bits per heavy atom. The van der Waals surface area contributed by atoms with Crippen molar-refractivity contribution >= 4 is 15.7 Å². The molecule has 1 unspecified atom stereocenters. The Bertz CT molecular complexity index is 473. The van der Waals surface area contributed by atoms with Crippen LogP contribution in [0.1, 0.15) is 25.7 Å².